The molecule has 0 aliphatic carbocycles. The van der Waals surface area contributed by atoms with Gasteiger partial charge in [-0.05, 0) is 42.7 Å². The summed E-state index contributed by atoms with van der Waals surface area (Å²) >= 11 is 0. The molecular weight excluding hydrogens is 369 g/mol. The Balaban J connectivity index is 1.49. The van der Waals surface area contributed by atoms with E-state index in [-0.39, 0.29) is 11.9 Å². The quantitative estimate of drug-likeness (QED) is 0.405. The van der Waals surface area contributed by atoms with E-state index in [1.54, 1.807) is 19.3 Å². The van der Waals surface area contributed by atoms with E-state index < -0.39 is 0 Å². The predicted octanol–water partition coefficient (Wildman–Crippen LogP) is 3.34. The molecule has 2 heterocycles. The maximum absolute atomic E-state index is 14.0. The molecule has 1 aliphatic heterocycles. The molecule has 2 aromatic rings. The zero-order valence-corrected chi connectivity index (χ0v) is 17.2. The number of pyridine rings is 1. The van der Waals surface area contributed by atoms with Crippen molar-refractivity contribution in [3.8, 4) is 5.75 Å². The van der Waals surface area contributed by atoms with Crippen LogP contribution in [0.4, 0.5) is 10.2 Å². The van der Waals surface area contributed by atoms with E-state index in [9.17, 15) is 4.39 Å². The largest absolute Gasteiger partial charge is 0.494 e. The van der Waals surface area contributed by atoms with Crippen LogP contribution in [0.2, 0.25) is 0 Å². The maximum atomic E-state index is 14.0. The highest BCUT2D eigenvalue weighted by atomic mass is 19.1. The molecule has 1 aromatic carbocycles. The molecule has 1 unspecified atom stereocenters. The van der Waals surface area contributed by atoms with Crippen molar-refractivity contribution in [2.75, 3.05) is 31.6 Å². The molecule has 1 fully saturated rings. The summed E-state index contributed by atoms with van der Waals surface area (Å²) < 4.78 is 19.7. The van der Waals surface area contributed by atoms with Crippen molar-refractivity contribution in [2.24, 2.45) is 4.99 Å². The first kappa shape index (κ1) is 20.9. The lowest BCUT2D eigenvalue weighted by Gasteiger charge is -2.20. The summed E-state index contributed by atoms with van der Waals surface area (Å²) in [5.74, 6) is 1.76. The lowest BCUT2D eigenvalue weighted by Crippen LogP contribution is -2.44. The maximum Gasteiger partial charge on any atom is 0.191 e. The van der Waals surface area contributed by atoms with Crippen molar-refractivity contribution < 1.29 is 9.13 Å². The Morgan fingerprint density at radius 1 is 1.34 bits per heavy atom. The number of ether oxygens (including phenoxy) is 1. The van der Waals surface area contributed by atoms with Crippen LogP contribution < -0.4 is 20.3 Å². The summed E-state index contributed by atoms with van der Waals surface area (Å²) in [6.07, 6.45) is 4.70. The van der Waals surface area contributed by atoms with Crippen molar-refractivity contribution in [3.63, 3.8) is 0 Å². The van der Waals surface area contributed by atoms with E-state index in [0.717, 1.165) is 49.7 Å². The summed E-state index contributed by atoms with van der Waals surface area (Å²) in [7, 11) is 1.75. The molecule has 0 bridgehead atoms. The van der Waals surface area contributed by atoms with Gasteiger partial charge < -0.3 is 20.3 Å². The molecule has 0 radical (unpaired) electrons. The molecule has 0 spiro atoms. The zero-order chi connectivity index (χ0) is 20.5. The Kier molecular flexibility index (Phi) is 7.67. The Hall–Kier alpha value is -2.83. The number of nitrogens with zero attached hydrogens (tertiary/aromatic N) is 3. The van der Waals surface area contributed by atoms with E-state index in [2.05, 4.69) is 39.7 Å². The molecule has 6 nitrogen and oxygen atoms in total. The minimum atomic E-state index is -0.281. The molecule has 2 N–H and O–H groups in total. The number of nitrogens with one attached hydrogen (secondary N) is 2. The summed E-state index contributed by atoms with van der Waals surface area (Å²) in [6.45, 7) is 5.00. The van der Waals surface area contributed by atoms with Gasteiger partial charge in [0.05, 0.1) is 6.61 Å². The minimum absolute atomic E-state index is 0.186. The Morgan fingerprint density at radius 2 is 2.24 bits per heavy atom. The van der Waals surface area contributed by atoms with Gasteiger partial charge >= 0.3 is 0 Å². The zero-order valence-electron chi connectivity index (χ0n) is 17.2. The first-order valence-electron chi connectivity index (χ1n) is 10.2. The fraction of sp³-hybridized carbons (Fsp3) is 0.455. The first-order valence-corrected chi connectivity index (χ1v) is 10.2. The van der Waals surface area contributed by atoms with Crippen LogP contribution in [0.15, 0.2) is 47.6 Å². The third-order valence-electron chi connectivity index (χ3n) is 4.92. The molecule has 1 aliphatic rings. The van der Waals surface area contributed by atoms with Gasteiger partial charge in [-0.1, -0.05) is 25.5 Å². The van der Waals surface area contributed by atoms with Gasteiger partial charge in [-0.25, -0.2) is 9.37 Å². The molecule has 156 valence electrons. The molecule has 1 saturated heterocycles. The molecule has 0 amide bonds. The second-order valence-corrected chi connectivity index (χ2v) is 7.16. The van der Waals surface area contributed by atoms with Crippen molar-refractivity contribution in [2.45, 2.75) is 38.8 Å². The standard InChI is InChI=1S/C22H30FN5O/c1-3-4-13-29-19-8-5-7-17(14-19)15-26-22(24-2)27-18-10-12-28(16-18)21-20(23)9-6-11-25-21/h5-9,11,14,18H,3-4,10,12-13,15-16H2,1-2H3,(H2,24,26,27). The topological polar surface area (TPSA) is 61.8 Å². The number of anilines is 1. The number of guanidine groups is 1. The third-order valence-corrected chi connectivity index (χ3v) is 4.92. The number of unbranched alkanes of at least 4 members (excludes halogenated alkanes) is 1. The Bertz CT molecular complexity index is 813. The normalized spacial score (nSPS) is 16.7. The third kappa shape index (κ3) is 6.07. The van der Waals surface area contributed by atoms with Crippen LogP contribution in [0.3, 0.4) is 0 Å². The van der Waals surface area contributed by atoms with Gasteiger partial charge in [0, 0.05) is 38.9 Å². The van der Waals surface area contributed by atoms with Crippen LogP contribution in [0.5, 0.6) is 5.75 Å². The SMILES string of the molecule is CCCCOc1cccc(CNC(=NC)NC2CCN(c3ncccc3F)C2)c1. The number of hydrogen-bond donors (Lipinski definition) is 2. The number of benzene rings is 1. The Morgan fingerprint density at radius 3 is 3.03 bits per heavy atom. The predicted molar refractivity (Wildman–Crippen MR) is 115 cm³/mol. The molecule has 3 rings (SSSR count). The summed E-state index contributed by atoms with van der Waals surface area (Å²) in [4.78, 5) is 10.5. The summed E-state index contributed by atoms with van der Waals surface area (Å²) in [5.41, 5.74) is 1.13. The van der Waals surface area contributed by atoms with Gasteiger partial charge in [-0.2, -0.15) is 0 Å². The van der Waals surface area contributed by atoms with E-state index in [4.69, 9.17) is 4.74 Å². The Labute approximate surface area is 172 Å². The molecule has 1 aromatic heterocycles. The molecular formula is C22H30FN5O. The number of rotatable bonds is 8. The highest BCUT2D eigenvalue weighted by Gasteiger charge is 2.25. The van der Waals surface area contributed by atoms with Gasteiger partial charge in [-0.15, -0.1) is 0 Å². The van der Waals surface area contributed by atoms with Gasteiger partial charge in [0.1, 0.15) is 5.75 Å². The van der Waals surface area contributed by atoms with Gasteiger partial charge in [-0.3, -0.25) is 4.99 Å². The van der Waals surface area contributed by atoms with Crippen LogP contribution in [-0.4, -0.2) is 43.7 Å². The van der Waals surface area contributed by atoms with Gasteiger partial charge in [0.2, 0.25) is 0 Å². The fourth-order valence-electron chi connectivity index (χ4n) is 3.33. The average molecular weight is 400 g/mol. The van der Waals surface area contributed by atoms with Crippen molar-refractivity contribution in [1.29, 1.82) is 0 Å². The first-order chi connectivity index (χ1) is 14.2. The number of hydrogen-bond acceptors (Lipinski definition) is 4. The number of aliphatic imine (C=N–C) groups is 1. The van der Waals surface area contributed by atoms with Crippen LogP contribution >= 0.6 is 0 Å². The van der Waals surface area contributed by atoms with Gasteiger partial charge in [0.15, 0.2) is 17.6 Å². The molecule has 29 heavy (non-hydrogen) atoms. The van der Waals surface area contributed by atoms with Crippen molar-refractivity contribution >= 4 is 11.8 Å². The van der Waals surface area contributed by atoms with E-state index in [1.165, 1.54) is 6.07 Å². The second kappa shape index (κ2) is 10.6. The van der Waals surface area contributed by atoms with Gasteiger partial charge in [0.25, 0.3) is 0 Å². The smallest absolute Gasteiger partial charge is 0.191 e. The van der Waals surface area contributed by atoms with Crippen molar-refractivity contribution in [3.05, 3.63) is 54.0 Å². The lowest BCUT2D eigenvalue weighted by molar-refractivity contribution is 0.309. The molecule has 1 atom stereocenters. The van der Waals surface area contributed by atoms with Crippen LogP contribution in [-0.2, 0) is 6.54 Å². The summed E-state index contributed by atoms with van der Waals surface area (Å²) in [5, 5.41) is 6.78. The highest BCUT2D eigenvalue weighted by molar-refractivity contribution is 5.80. The van der Waals surface area contributed by atoms with E-state index in [0.29, 0.717) is 18.9 Å². The van der Waals surface area contributed by atoms with Crippen LogP contribution in [0, 0.1) is 5.82 Å². The summed E-state index contributed by atoms with van der Waals surface area (Å²) in [6, 6.07) is 11.3. The fourth-order valence-corrected chi connectivity index (χ4v) is 3.33. The van der Waals surface area contributed by atoms with E-state index >= 15 is 0 Å². The number of aromatic nitrogens is 1. The average Bonchev–Trinajstić information content (AvgIpc) is 3.20. The lowest BCUT2D eigenvalue weighted by atomic mass is 10.2. The molecule has 7 heteroatoms. The van der Waals surface area contributed by atoms with Crippen LogP contribution in [0.1, 0.15) is 31.7 Å². The highest BCUT2D eigenvalue weighted by Crippen LogP contribution is 2.20. The minimum Gasteiger partial charge on any atom is -0.494 e. The van der Waals surface area contributed by atoms with Crippen molar-refractivity contribution in [1.82, 2.24) is 15.6 Å². The van der Waals surface area contributed by atoms with E-state index in [1.807, 2.05) is 17.0 Å². The monoisotopic (exact) mass is 399 g/mol. The number of halogens is 1. The van der Waals surface area contributed by atoms with Crippen LogP contribution in [0.25, 0.3) is 0 Å². The molecule has 0 saturated carbocycles. The second-order valence-electron chi connectivity index (χ2n) is 7.16.